The summed E-state index contributed by atoms with van der Waals surface area (Å²) in [4.78, 5) is 15.2. The van der Waals surface area contributed by atoms with Crippen LogP contribution in [-0.2, 0) is 0 Å². The zero-order valence-corrected chi connectivity index (χ0v) is 8.64. The average molecular weight is 219 g/mol. The molecule has 0 saturated heterocycles. The van der Waals surface area contributed by atoms with Gasteiger partial charge in [0.2, 0.25) is 0 Å². The summed E-state index contributed by atoms with van der Waals surface area (Å²) in [7, 11) is 0. The number of aryl methyl sites for hydroxylation is 1. The molecule has 0 aliphatic rings. The molecular formula is C11H10FN3O. The summed E-state index contributed by atoms with van der Waals surface area (Å²) < 4.78 is 14.7. The van der Waals surface area contributed by atoms with Crippen LogP contribution >= 0.6 is 0 Å². The Labute approximate surface area is 91.5 Å². The molecule has 2 rings (SSSR count). The molecule has 1 amide bonds. The minimum absolute atomic E-state index is 0.140. The molecule has 2 N–H and O–H groups in total. The monoisotopic (exact) mass is 219 g/mol. The fourth-order valence-corrected chi connectivity index (χ4v) is 1.55. The van der Waals surface area contributed by atoms with Gasteiger partial charge in [0.05, 0.1) is 11.3 Å². The van der Waals surface area contributed by atoms with Crippen LogP contribution in [0.4, 0.5) is 4.39 Å². The highest BCUT2D eigenvalue weighted by Crippen LogP contribution is 2.17. The molecule has 4 nitrogen and oxygen atoms in total. The molecule has 0 fully saturated rings. The van der Waals surface area contributed by atoms with Gasteiger partial charge in [-0.2, -0.15) is 0 Å². The van der Waals surface area contributed by atoms with E-state index in [4.69, 9.17) is 5.73 Å². The third kappa shape index (κ3) is 1.67. The van der Waals surface area contributed by atoms with E-state index in [9.17, 15) is 9.18 Å². The van der Waals surface area contributed by atoms with E-state index >= 15 is 0 Å². The van der Waals surface area contributed by atoms with E-state index in [1.807, 2.05) is 0 Å². The number of carbonyl (C=O) groups excluding carboxylic acids is 1. The first kappa shape index (κ1) is 10.4. The van der Waals surface area contributed by atoms with Crippen LogP contribution in [-0.4, -0.2) is 15.5 Å². The van der Waals surface area contributed by atoms with Crippen molar-refractivity contribution in [2.24, 2.45) is 5.73 Å². The highest BCUT2D eigenvalue weighted by molar-refractivity contribution is 5.96. The Morgan fingerprint density at radius 3 is 2.81 bits per heavy atom. The second-order valence-corrected chi connectivity index (χ2v) is 3.37. The first-order chi connectivity index (χ1) is 7.59. The number of halogens is 1. The van der Waals surface area contributed by atoms with Gasteiger partial charge < -0.3 is 10.3 Å². The molecule has 2 aromatic rings. The molecule has 0 unspecified atom stereocenters. The zero-order chi connectivity index (χ0) is 11.7. The number of benzene rings is 1. The van der Waals surface area contributed by atoms with E-state index in [0.29, 0.717) is 11.5 Å². The van der Waals surface area contributed by atoms with Crippen molar-refractivity contribution in [2.45, 2.75) is 6.92 Å². The SMILES string of the molecule is Cc1nccn1-c1ccc(F)cc1C(N)=O. The molecule has 1 aromatic heterocycles. The molecular weight excluding hydrogens is 209 g/mol. The molecule has 0 atom stereocenters. The van der Waals surface area contributed by atoms with Gasteiger partial charge in [0.25, 0.3) is 5.91 Å². The van der Waals surface area contributed by atoms with Gasteiger partial charge in [0.15, 0.2) is 0 Å². The summed E-state index contributed by atoms with van der Waals surface area (Å²) >= 11 is 0. The van der Waals surface area contributed by atoms with Crippen LogP contribution in [0.5, 0.6) is 0 Å². The summed E-state index contributed by atoms with van der Waals surface area (Å²) in [5.74, 6) is -0.452. The fraction of sp³-hybridized carbons (Fsp3) is 0.0909. The fourth-order valence-electron chi connectivity index (χ4n) is 1.55. The Balaban J connectivity index is 2.65. The molecule has 5 heteroatoms. The van der Waals surface area contributed by atoms with Crippen LogP contribution in [0.2, 0.25) is 0 Å². The van der Waals surface area contributed by atoms with E-state index in [2.05, 4.69) is 4.98 Å². The number of hydrogen-bond acceptors (Lipinski definition) is 2. The first-order valence-corrected chi connectivity index (χ1v) is 4.69. The quantitative estimate of drug-likeness (QED) is 0.830. The summed E-state index contributed by atoms with van der Waals surface area (Å²) in [6, 6.07) is 3.91. The molecule has 1 aromatic carbocycles. The van der Waals surface area contributed by atoms with Gasteiger partial charge in [-0.3, -0.25) is 4.79 Å². The molecule has 1 heterocycles. The molecule has 0 saturated carbocycles. The maximum Gasteiger partial charge on any atom is 0.250 e. The lowest BCUT2D eigenvalue weighted by atomic mass is 10.1. The summed E-state index contributed by atoms with van der Waals surface area (Å²) in [6.07, 6.45) is 3.29. The van der Waals surface area contributed by atoms with Gasteiger partial charge in [-0.25, -0.2) is 9.37 Å². The number of carbonyl (C=O) groups is 1. The van der Waals surface area contributed by atoms with Gasteiger partial charge in [0.1, 0.15) is 11.6 Å². The maximum atomic E-state index is 13.0. The maximum absolute atomic E-state index is 13.0. The summed E-state index contributed by atoms with van der Waals surface area (Å²) in [5, 5.41) is 0. The second-order valence-electron chi connectivity index (χ2n) is 3.37. The minimum Gasteiger partial charge on any atom is -0.366 e. The number of hydrogen-bond donors (Lipinski definition) is 1. The normalized spacial score (nSPS) is 10.4. The van der Waals surface area contributed by atoms with Gasteiger partial charge in [-0.05, 0) is 25.1 Å². The number of imidazole rings is 1. The number of primary amides is 1. The van der Waals surface area contributed by atoms with Crippen LogP contribution in [0.3, 0.4) is 0 Å². The Bertz CT molecular complexity index is 548. The Hall–Kier alpha value is -2.17. The molecule has 0 spiro atoms. The lowest BCUT2D eigenvalue weighted by molar-refractivity contribution is 0.1000. The van der Waals surface area contributed by atoms with Crippen molar-refractivity contribution >= 4 is 5.91 Å². The van der Waals surface area contributed by atoms with Crippen LogP contribution in [0.1, 0.15) is 16.2 Å². The predicted octanol–water partition coefficient (Wildman–Crippen LogP) is 1.42. The largest absolute Gasteiger partial charge is 0.366 e. The number of nitrogens with two attached hydrogens (primary N) is 1. The molecule has 0 radical (unpaired) electrons. The smallest absolute Gasteiger partial charge is 0.250 e. The van der Waals surface area contributed by atoms with E-state index in [0.717, 1.165) is 6.07 Å². The highest BCUT2D eigenvalue weighted by atomic mass is 19.1. The number of nitrogens with zero attached hydrogens (tertiary/aromatic N) is 2. The summed E-state index contributed by atoms with van der Waals surface area (Å²) in [5.41, 5.74) is 5.87. The average Bonchev–Trinajstić information content (AvgIpc) is 2.64. The predicted molar refractivity (Wildman–Crippen MR) is 56.8 cm³/mol. The summed E-state index contributed by atoms with van der Waals surface area (Å²) in [6.45, 7) is 1.79. The molecule has 16 heavy (non-hydrogen) atoms. The van der Waals surface area contributed by atoms with Crippen molar-refractivity contribution in [2.75, 3.05) is 0 Å². The topological polar surface area (TPSA) is 60.9 Å². The minimum atomic E-state index is -0.664. The van der Waals surface area contributed by atoms with Gasteiger partial charge in [-0.15, -0.1) is 0 Å². The van der Waals surface area contributed by atoms with E-state index in [1.165, 1.54) is 12.1 Å². The molecule has 82 valence electrons. The Morgan fingerprint density at radius 1 is 1.50 bits per heavy atom. The third-order valence-electron chi connectivity index (χ3n) is 2.31. The van der Waals surface area contributed by atoms with Crippen LogP contribution < -0.4 is 5.73 Å². The number of aromatic nitrogens is 2. The van der Waals surface area contributed by atoms with Crippen molar-refractivity contribution in [1.29, 1.82) is 0 Å². The van der Waals surface area contributed by atoms with Crippen molar-refractivity contribution in [3.63, 3.8) is 0 Å². The zero-order valence-electron chi connectivity index (χ0n) is 8.64. The Morgan fingerprint density at radius 2 is 2.25 bits per heavy atom. The van der Waals surface area contributed by atoms with E-state index in [-0.39, 0.29) is 5.56 Å². The number of rotatable bonds is 2. The lowest BCUT2D eigenvalue weighted by Gasteiger charge is -2.09. The van der Waals surface area contributed by atoms with Crippen LogP contribution in [0.15, 0.2) is 30.6 Å². The van der Waals surface area contributed by atoms with Crippen molar-refractivity contribution < 1.29 is 9.18 Å². The third-order valence-corrected chi connectivity index (χ3v) is 2.31. The van der Waals surface area contributed by atoms with E-state index in [1.54, 1.807) is 23.9 Å². The van der Waals surface area contributed by atoms with Crippen molar-refractivity contribution in [1.82, 2.24) is 9.55 Å². The lowest BCUT2D eigenvalue weighted by Crippen LogP contribution is -2.15. The van der Waals surface area contributed by atoms with Crippen LogP contribution in [0, 0.1) is 12.7 Å². The van der Waals surface area contributed by atoms with Crippen molar-refractivity contribution in [3.05, 3.63) is 47.8 Å². The highest BCUT2D eigenvalue weighted by Gasteiger charge is 2.12. The van der Waals surface area contributed by atoms with Gasteiger partial charge in [0, 0.05) is 12.4 Å². The first-order valence-electron chi connectivity index (χ1n) is 4.69. The van der Waals surface area contributed by atoms with Gasteiger partial charge >= 0.3 is 0 Å². The van der Waals surface area contributed by atoms with Crippen LogP contribution in [0.25, 0.3) is 5.69 Å². The Kier molecular flexibility index (Phi) is 2.44. The molecule has 0 aliphatic carbocycles. The van der Waals surface area contributed by atoms with Crippen molar-refractivity contribution in [3.8, 4) is 5.69 Å². The van der Waals surface area contributed by atoms with E-state index < -0.39 is 11.7 Å². The van der Waals surface area contributed by atoms with Gasteiger partial charge in [-0.1, -0.05) is 0 Å². The second kappa shape index (κ2) is 3.77. The molecule has 0 bridgehead atoms. The standard InChI is InChI=1S/C11H10FN3O/c1-7-14-4-5-15(7)10-3-2-8(12)6-9(10)11(13)16/h2-6H,1H3,(H2,13,16). The molecule has 0 aliphatic heterocycles. The number of amides is 1.